The molecular formula is C56H102O6. The van der Waals surface area contributed by atoms with Crippen molar-refractivity contribution in [3.8, 4) is 0 Å². The highest BCUT2D eigenvalue weighted by atomic mass is 16.6. The Kier molecular flexibility index (Phi) is 49.3. The van der Waals surface area contributed by atoms with Crippen molar-refractivity contribution in [3.63, 3.8) is 0 Å². The van der Waals surface area contributed by atoms with Gasteiger partial charge in [0.2, 0.25) is 0 Å². The second-order valence-electron chi connectivity index (χ2n) is 18.1. The SMILES string of the molecule is CC/C=C\C/C=C\CCCCCCCC(=O)OCC(COC(=O)CCCCCCCCC/C=C\CCCCCCCCCC)OC(=O)CCCCCCCCCCCCCCC. The van der Waals surface area contributed by atoms with Crippen LogP contribution >= 0.6 is 0 Å². The lowest BCUT2D eigenvalue weighted by Gasteiger charge is -2.18. The largest absolute Gasteiger partial charge is 0.462 e. The zero-order valence-corrected chi connectivity index (χ0v) is 41.4. The van der Waals surface area contributed by atoms with Gasteiger partial charge in [0.05, 0.1) is 0 Å². The molecule has 6 heteroatoms. The smallest absolute Gasteiger partial charge is 0.306 e. The number of carbonyl (C=O) groups is 3. The zero-order chi connectivity index (χ0) is 45.1. The van der Waals surface area contributed by atoms with Crippen LogP contribution in [0.4, 0.5) is 0 Å². The van der Waals surface area contributed by atoms with Crippen molar-refractivity contribution in [3.05, 3.63) is 36.5 Å². The Labute approximate surface area is 385 Å². The number of unbranched alkanes of at least 4 members (excludes halogenated alkanes) is 32. The molecule has 0 aliphatic heterocycles. The lowest BCUT2D eigenvalue weighted by atomic mass is 10.0. The van der Waals surface area contributed by atoms with E-state index >= 15 is 0 Å². The second-order valence-corrected chi connectivity index (χ2v) is 18.1. The van der Waals surface area contributed by atoms with Gasteiger partial charge in [0, 0.05) is 19.3 Å². The van der Waals surface area contributed by atoms with E-state index < -0.39 is 6.10 Å². The Morgan fingerprint density at radius 2 is 0.629 bits per heavy atom. The summed E-state index contributed by atoms with van der Waals surface area (Å²) in [5.41, 5.74) is 0. The van der Waals surface area contributed by atoms with Crippen LogP contribution in [0.5, 0.6) is 0 Å². The van der Waals surface area contributed by atoms with Gasteiger partial charge in [0.1, 0.15) is 13.2 Å². The molecule has 1 atom stereocenters. The summed E-state index contributed by atoms with van der Waals surface area (Å²) in [5.74, 6) is -0.883. The molecule has 0 aliphatic rings. The number of carbonyl (C=O) groups excluding carboxylic acids is 3. The van der Waals surface area contributed by atoms with Crippen molar-refractivity contribution in [2.45, 2.75) is 290 Å². The molecule has 0 spiro atoms. The number of ether oxygens (including phenoxy) is 3. The van der Waals surface area contributed by atoms with E-state index in [1.165, 1.54) is 161 Å². The molecule has 0 N–H and O–H groups in total. The molecule has 6 nitrogen and oxygen atoms in total. The van der Waals surface area contributed by atoms with Crippen LogP contribution in [0.25, 0.3) is 0 Å². The van der Waals surface area contributed by atoms with Gasteiger partial charge < -0.3 is 14.2 Å². The van der Waals surface area contributed by atoms with E-state index in [2.05, 4.69) is 57.2 Å². The summed E-state index contributed by atoms with van der Waals surface area (Å²) < 4.78 is 16.8. The maximum atomic E-state index is 12.8. The van der Waals surface area contributed by atoms with Crippen LogP contribution in [0.2, 0.25) is 0 Å². The first-order valence-electron chi connectivity index (χ1n) is 27.0. The Morgan fingerprint density at radius 3 is 0.984 bits per heavy atom. The molecule has 0 radical (unpaired) electrons. The van der Waals surface area contributed by atoms with Gasteiger partial charge in [0.15, 0.2) is 6.10 Å². The second kappa shape index (κ2) is 51.3. The normalized spacial score (nSPS) is 12.2. The Hall–Kier alpha value is -2.37. The van der Waals surface area contributed by atoms with Crippen molar-refractivity contribution in [2.24, 2.45) is 0 Å². The minimum absolute atomic E-state index is 0.0760. The molecule has 0 aliphatic carbocycles. The standard InChI is InChI=1S/C56H102O6/c1-4-7-10-13-16-19-22-25-26-27-28-29-30-32-34-37-40-43-46-49-55(58)61-52-53(51-60-54(57)48-45-42-39-36-33-24-21-18-15-12-9-6-3)62-56(59)50-47-44-41-38-35-31-23-20-17-14-11-8-5-2/h9,12,18,21,27-28,53H,4-8,10-11,13-17,19-20,22-26,29-52H2,1-3H3/b12-9-,21-18-,28-27-. The van der Waals surface area contributed by atoms with E-state index in [0.717, 1.165) is 83.5 Å². The summed E-state index contributed by atoms with van der Waals surface area (Å²) in [6.07, 6.45) is 59.9. The lowest BCUT2D eigenvalue weighted by molar-refractivity contribution is -0.167. The number of rotatable bonds is 49. The fourth-order valence-corrected chi connectivity index (χ4v) is 7.83. The van der Waals surface area contributed by atoms with Crippen molar-refractivity contribution in [1.82, 2.24) is 0 Å². The van der Waals surface area contributed by atoms with Crippen molar-refractivity contribution in [2.75, 3.05) is 13.2 Å². The fourth-order valence-electron chi connectivity index (χ4n) is 7.83. The third-order valence-electron chi connectivity index (χ3n) is 11.9. The summed E-state index contributed by atoms with van der Waals surface area (Å²) in [4.78, 5) is 38.0. The molecular weight excluding hydrogens is 769 g/mol. The van der Waals surface area contributed by atoms with E-state index in [1.807, 2.05) is 0 Å². The predicted molar refractivity (Wildman–Crippen MR) is 266 cm³/mol. The molecule has 0 aromatic rings. The van der Waals surface area contributed by atoms with Crippen molar-refractivity contribution in [1.29, 1.82) is 0 Å². The van der Waals surface area contributed by atoms with Gasteiger partial charge in [-0.05, 0) is 70.6 Å². The van der Waals surface area contributed by atoms with Gasteiger partial charge in [-0.2, -0.15) is 0 Å². The monoisotopic (exact) mass is 871 g/mol. The van der Waals surface area contributed by atoms with Gasteiger partial charge in [-0.3, -0.25) is 14.4 Å². The number of hydrogen-bond donors (Lipinski definition) is 0. The molecule has 1 unspecified atom stereocenters. The van der Waals surface area contributed by atoms with Gasteiger partial charge in [-0.1, -0.05) is 231 Å². The van der Waals surface area contributed by atoms with Gasteiger partial charge in [0.25, 0.3) is 0 Å². The van der Waals surface area contributed by atoms with E-state index in [1.54, 1.807) is 0 Å². The molecule has 0 heterocycles. The topological polar surface area (TPSA) is 78.9 Å². The highest BCUT2D eigenvalue weighted by Gasteiger charge is 2.19. The molecule has 0 saturated carbocycles. The average Bonchev–Trinajstić information content (AvgIpc) is 3.27. The molecule has 0 rings (SSSR count). The predicted octanol–water partition coefficient (Wildman–Crippen LogP) is 17.7. The van der Waals surface area contributed by atoms with Crippen LogP contribution in [-0.4, -0.2) is 37.2 Å². The quantitative estimate of drug-likeness (QED) is 0.0262. The molecule has 362 valence electrons. The van der Waals surface area contributed by atoms with Crippen LogP contribution in [-0.2, 0) is 28.6 Å². The van der Waals surface area contributed by atoms with E-state index in [4.69, 9.17) is 14.2 Å². The molecule has 0 fully saturated rings. The first kappa shape index (κ1) is 59.6. The minimum atomic E-state index is -0.775. The average molecular weight is 871 g/mol. The maximum absolute atomic E-state index is 12.8. The van der Waals surface area contributed by atoms with Crippen LogP contribution in [0.15, 0.2) is 36.5 Å². The molecule has 62 heavy (non-hydrogen) atoms. The highest BCUT2D eigenvalue weighted by molar-refractivity contribution is 5.71. The number of allylic oxidation sites excluding steroid dienone is 6. The molecule has 0 aromatic carbocycles. The van der Waals surface area contributed by atoms with Crippen molar-refractivity contribution < 1.29 is 28.6 Å². The Bertz CT molecular complexity index is 1050. The van der Waals surface area contributed by atoms with Gasteiger partial charge in [-0.15, -0.1) is 0 Å². The van der Waals surface area contributed by atoms with E-state index in [9.17, 15) is 14.4 Å². The molecule has 0 bridgehead atoms. The van der Waals surface area contributed by atoms with E-state index in [0.29, 0.717) is 19.3 Å². The first-order chi connectivity index (χ1) is 30.5. The van der Waals surface area contributed by atoms with Crippen LogP contribution in [0.1, 0.15) is 284 Å². The first-order valence-corrected chi connectivity index (χ1v) is 27.0. The maximum Gasteiger partial charge on any atom is 0.306 e. The number of hydrogen-bond acceptors (Lipinski definition) is 6. The van der Waals surface area contributed by atoms with Crippen LogP contribution in [0, 0.1) is 0 Å². The third kappa shape index (κ3) is 48.7. The summed E-state index contributed by atoms with van der Waals surface area (Å²) in [6, 6.07) is 0. The lowest BCUT2D eigenvalue weighted by Crippen LogP contribution is -2.30. The third-order valence-corrected chi connectivity index (χ3v) is 11.9. The van der Waals surface area contributed by atoms with Crippen LogP contribution in [0.3, 0.4) is 0 Å². The summed E-state index contributed by atoms with van der Waals surface area (Å²) in [5, 5.41) is 0. The zero-order valence-electron chi connectivity index (χ0n) is 41.4. The summed E-state index contributed by atoms with van der Waals surface area (Å²) in [6.45, 7) is 6.54. The minimum Gasteiger partial charge on any atom is -0.462 e. The summed E-state index contributed by atoms with van der Waals surface area (Å²) >= 11 is 0. The molecule has 0 aromatic heterocycles. The summed E-state index contributed by atoms with van der Waals surface area (Å²) in [7, 11) is 0. The molecule has 0 amide bonds. The molecule has 0 saturated heterocycles. The van der Waals surface area contributed by atoms with E-state index in [-0.39, 0.29) is 31.1 Å². The highest BCUT2D eigenvalue weighted by Crippen LogP contribution is 2.16. The van der Waals surface area contributed by atoms with Crippen LogP contribution < -0.4 is 0 Å². The van der Waals surface area contributed by atoms with Crippen molar-refractivity contribution >= 4 is 17.9 Å². The van der Waals surface area contributed by atoms with Gasteiger partial charge in [-0.25, -0.2) is 0 Å². The number of esters is 3. The fraction of sp³-hybridized carbons (Fsp3) is 0.839. The van der Waals surface area contributed by atoms with Gasteiger partial charge >= 0.3 is 17.9 Å². The Balaban J connectivity index is 4.31. The Morgan fingerprint density at radius 1 is 0.339 bits per heavy atom.